The summed E-state index contributed by atoms with van der Waals surface area (Å²) >= 11 is 1.87. The summed E-state index contributed by atoms with van der Waals surface area (Å²) in [5, 5.41) is 3.80. The second-order valence-electron chi connectivity index (χ2n) is 3.88. The molecule has 0 aliphatic heterocycles. The number of nitrogens with one attached hydrogen (secondary N) is 1. The number of rotatable bonds is 6. The minimum Gasteiger partial charge on any atom is -0.370 e. The lowest BCUT2D eigenvalue weighted by Crippen LogP contribution is -2.33. The predicted molar refractivity (Wildman–Crippen MR) is 66.9 cm³/mol. The molecular formula is C10H23N3S. The van der Waals surface area contributed by atoms with E-state index in [2.05, 4.69) is 37.3 Å². The Labute approximate surface area is 91.9 Å². The van der Waals surface area contributed by atoms with E-state index >= 15 is 0 Å². The molecule has 0 aliphatic carbocycles. The molecule has 0 amide bonds. The lowest BCUT2D eigenvalue weighted by molar-refractivity contribution is 0.659. The van der Waals surface area contributed by atoms with Gasteiger partial charge in [0.25, 0.3) is 0 Å². The SMILES string of the molecule is CSC(C)CCNC(N)=NCC(C)C. The van der Waals surface area contributed by atoms with E-state index in [-0.39, 0.29) is 0 Å². The monoisotopic (exact) mass is 217 g/mol. The first-order valence-corrected chi connectivity index (χ1v) is 6.41. The standard InChI is InChI=1S/C10H23N3S/c1-8(2)7-13-10(11)12-6-5-9(3)14-4/h8-9H,5-7H2,1-4H3,(H3,11,12,13). The Hall–Kier alpha value is -0.380. The Morgan fingerprint density at radius 3 is 2.57 bits per heavy atom. The molecule has 4 heteroatoms. The van der Waals surface area contributed by atoms with Gasteiger partial charge in [0, 0.05) is 18.3 Å². The highest BCUT2D eigenvalue weighted by molar-refractivity contribution is 7.99. The van der Waals surface area contributed by atoms with Gasteiger partial charge in [0.1, 0.15) is 0 Å². The molecule has 3 nitrogen and oxygen atoms in total. The van der Waals surface area contributed by atoms with E-state index in [1.165, 1.54) is 0 Å². The Bertz CT molecular complexity index is 169. The molecule has 14 heavy (non-hydrogen) atoms. The molecule has 0 spiro atoms. The van der Waals surface area contributed by atoms with Crippen molar-refractivity contribution in [3.05, 3.63) is 0 Å². The van der Waals surface area contributed by atoms with Crippen LogP contribution in [0, 0.1) is 5.92 Å². The summed E-state index contributed by atoms with van der Waals surface area (Å²) in [7, 11) is 0. The van der Waals surface area contributed by atoms with Gasteiger partial charge in [-0.2, -0.15) is 11.8 Å². The third-order valence-electron chi connectivity index (χ3n) is 1.89. The van der Waals surface area contributed by atoms with Gasteiger partial charge in [0.15, 0.2) is 5.96 Å². The maximum atomic E-state index is 5.68. The maximum absolute atomic E-state index is 5.68. The fourth-order valence-electron chi connectivity index (χ4n) is 0.858. The number of thioether (sulfide) groups is 1. The van der Waals surface area contributed by atoms with E-state index < -0.39 is 0 Å². The van der Waals surface area contributed by atoms with Crippen LogP contribution in [0.5, 0.6) is 0 Å². The number of nitrogens with zero attached hydrogens (tertiary/aromatic N) is 1. The molecule has 0 saturated carbocycles. The van der Waals surface area contributed by atoms with E-state index in [0.29, 0.717) is 17.1 Å². The summed E-state index contributed by atoms with van der Waals surface area (Å²) in [6.07, 6.45) is 3.25. The molecular weight excluding hydrogens is 194 g/mol. The van der Waals surface area contributed by atoms with Gasteiger partial charge >= 0.3 is 0 Å². The molecule has 0 bridgehead atoms. The van der Waals surface area contributed by atoms with Crippen molar-refractivity contribution in [3.63, 3.8) is 0 Å². The quantitative estimate of drug-likeness (QED) is 0.526. The van der Waals surface area contributed by atoms with Crippen LogP contribution in [0.4, 0.5) is 0 Å². The highest BCUT2D eigenvalue weighted by Gasteiger charge is 1.99. The van der Waals surface area contributed by atoms with Crippen LogP contribution in [0.25, 0.3) is 0 Å². The van der Waals surface area contributed by atoms with Gasteiger partial charge in [-0.15, -0.1) is 0 Å². The maximum Gasteiger partial charge on any atom is 0.188 e. The first-order chi connectivity index (χ1) is 6.56. The summed E-state index contributed by atoms with van der Waals surface area (Å²) in [6, 6.07) is 0. The summed E-state index contributed by atoms with van der Waals surface area (Å²) in [5.41, 5.74) is 5.68. The van der Waals surface area contributed by atoms with Crippen molar-refractivity contribution < 1.29 is 0 Å². The number of aliphatic imine (C=N–C) groups is 1. The average molecular weight is 217 g/mol. The van der Waals surface area contributed by atoms with E-state index in [4.69, 9.17) is 5.73 Å². The smallest absolute Gasteiger partial charge is 0.188 e. The van der Waals surface area contributed by atoms with Crippen LogP contribution in [0.3, 0.4) is 0 Å². The van der Waals surface area contributed by atoms with Gasteiger partial charge in [-0.05, 0) is 18.6 Å². The molecule has 0 rings (SSSR count). The van der Waals surface area contributed by atoms with Gasteiger partial charge in [-0.25, -0.2) is 0 Å². The third-order valence-corrected chi connectivity index (χ3v) is 2.93. The molecule has 0 aromatic rings. The lowest BCUT2D eigenvalue weighted by Gasteiger charge is -2.09. The third kappa shape index (κ3) is 8.23. The first-order valence-electron chi connectivity index (χ1n) is 5.12. The molecule has 1 unspecified atom stereocenters. The molecule has 0 heterocycles. The zero-order chi connectivity index (χ0) is 11.0. The van der Waals surface area contributed by atoms with Gasteiger partial charge in [-0.3, -0.25) is 4.99 Å². The lowest BCUT2D eigenvalue weighted by atomic mass is 10.2. The minimum atomic E-state index is 0.570. The molecule has 0 aromatic heterocycles. The Balaban J connectivity index is 3.52. The Morgan fingerprint density at radius 1 is 1.43 bits per heavy atom. The predicted octanol–water partition coefficient (Wildman–Crippen LogP) is 1.69. The van der Waals surface area contributed by atoms with Gasteiger partial charge in [0.05, 0.1) is 0 Å². The second kappa shape index (κ2) is 7.97. The van der Waals surface area contributed by atoms with Crippen molar-refractivity contribution >= 4 is 17.7 Å². The highest BCUT2D eigenvalue weighted by Crippen LogP contribution is 2.07. The molecule has 3 N–H and O–H groups in total. The number of hydrogen-bond acceptors (Lipinski definition) is 2. The Kier molecular flexibility index (Phi) is 7.76. The zero-order valence-electron chi connectivity index (χ0n) is 9.71. The largest absolute Gasteiger partial charge is 0.370 e. The topological polar surface area (TPSA) is 50.4 Å². The van der Waals surface area contributed by atoms with Crippen LogP contribution in [0.1, 0.15) is 27.2 Å². The molecule has 0 fully saturated rings. The van der Waals surface area contributed by atoms with Crippen LogP contribution in [-0.4, -0.2) is 30.6 Å². The van der Waals surface area contributed by atoms with Gasteiger partial charge in [0.2, 0.25) is 0 Å². The molecule has 0 saturated heterocycles. The van der Waals surface area contributed by atoms with Crippen molar-refractivity contribution in [2.24, 2.45) is 16.6 Å². The summed E-state index contributed by atoms with van der Waals surface area (Å²) in [6.45, 7) is 8.19. The van der Waals surface area contributed by atoms with Gasteiger partial charge in [-0.1, -0.05) is 20.8 Å². The van der Waals surface area contributed by atoms with Crippen LogP contribution >= 0.6 is 11.8 Å². The Morgan fingerprint density at radius 2 is 2.07 bits per heavy atom. The van der Waals surface area contributed by atoms with Crippen molar-refractivity contribution in [3.8, 4) is 0 Å². The van der Waals surface area contributed by atoms with Crippen molar-refractivity contribution in [2.45, 2.75) is 32.4 Å². The molecule has 0 aromatic carbocycles. The van der Waals surface area contributed by atoms with Crippen molar-refractivity contribution in [1.29, 1.82) is 0 Å². The van der Waals surface area contributed by atoms with E-state index in [1.54, 1.807) is 0 Å². The average Bonchev–Trinajstić information content (AvgIpc) is 2.14. The van der Waals surface area contributed by atoms with Crippen molar-refractivity contribution in [1.82, 2.24) is 5.32 Å². The molecule has 0 aliphatic rings. The molecule has 84 valence electrons. The second-order valence-corrected chi connectivity index (χ2v) is 5.16. The van der Waals surface area contributed by atoms with E-state index in [1.807, 2.05) is 11.8 Å². The number of guanidine groups is 1. The fraction of sp³-hybridized carbons (Fsp3) is 0.900. The number of hydrogen-bond donors (Lipinski definition) is 2. The summed E-state index contributed by atoms with van der Waals surface area (Å²) < 4.78 is 0. The van der Waals surface area contributed by atoms with E-state index in [9.17, 15) is 0 Å². The van der Waals surface area contributed by atoms with Crippen LogP contribution in [0.2, 0.25) is 0 Å². The summed E-state index contributed by atoms with van der Waals surface area (Å²) in [4.78, 5) is 4.22. The van der Waals surface area contributed by atoms with Crippen LogP contribution in [-0.2, 0) is 0 Å². The first kappa shape index (κ1) is 13.6. The summed E-state index contributed by atoms with van der Waals surface area (Å²) in [5.74, 6) is 1.15. The van der Waals surface area contributed by atoms with Crippen LogP contribution < -0.4 is 11.1 Å². The normalized spacial score (nSPS) is 14.5. The van der Waals surface area contributed by atoms with Gasteiger partial charge < -0.3 is 11.1 Å². The number of nitrogens with two attached hydrogens (primary N) is 1. The molecule has 1 atom stereocenters. The van der Waals surface area contributed by atoms with Crippen LogP contribution in [0.15, 0.2) is 4.99 Å². The zero-order valence-corrected chi connectivity index (χ0v) is 10.5. The van der Waals surface area contributed by atoms with Crippen molar-refractivity contribution in [2.75, 3.05) is 19.3 Å². The van der Waals surface area contributed by atoms with E-state index in [0.717, 1.165) is 19.5 Å². The molecule has 0 radical (unpaired) electrons. The fourth-order valence-corrected chi connectivity index (χ4v) is 1.21. The minimum absolute atomic E-state index is 0.570. The highest BCUT2D eigenvalue weighted by atomic mass is 32.2.